The van der Waals surface area contributed by atoms with Gasteiger partial charge < -0.3 is 94.2 Å². The van der Waals surface area contributed by atoms with Crippen LogP contribution in [0.2, 0.25) is 0 Å². The molecule has 31 heteroatoms. The lowest BCUT2D eigenvalue weighted by Gasteiger charge is -2.31. The minimum absolute atomic E-state index is 0.00599. The van der Waals surface area contributed by atoms with Crippen LogP contribution in [0, 0.1) is 41.0 Å². The van der Waals surface area contributed by atoms with Crippen molar-refractivity contribution < 1.29 is 71.4 Å². The molecule has 6 saturated heterocycles. The zero-order valence-electron chi connectivity index (χ0n) is 81.2. The van der Waals surface area contributed by atoms with Gasteiger partial charge in [-0.1, -0.05) is 200 Å². The number of ether oxygens (including phenoxy) is 3. The molecule has 0 aliphatic carbocycles. The van der Waals surface area contributed by atoms with Gasteiger partial charge in [-0.15, -0.1) is 0 Å². The number of nitrogens with two attached hydrogens (primary N) is 1. The molecule has 9 N–H and O–H groups in total. The maximum atomic E-state index is 15.7. The third kappa shape index (κ3) is 20.6. The van der Waals surface area contributed by atoms with Gasteiger partial charge in [0.15, 0.2) is 34.7 Å². The summed E-state index contributed by atoms with van der Waals surface area (Å²) in [4.78, 5) is 108. The molecule has 0 bridgehead atoms. The first-order chi connectivity index (χ1) is 71.3. The highest BCUT2D eigenvalue weighted by Gasteiger charge is 2.41. The van der Waals surface area contributed by atoms with Gasteiger partial charge in [0.05, 0.1) is 65.2 Å². The summed E-state index contributed by atoms with van der Waals surface area (Å²) in [5, 5.41) is 51.3. The number of benzene rings is 12. The van der Waals surface area contributed by atoms with Gasteiger partial charge in [-0.05, 0) is 172 Å². The number of aromatic carboxylic acids is 4. The molecule has 0 amide bonds. The summed E-state index contributed by atoms with van der Waals surface area (Å²) in [6, 6.07) is 74.7. The normalized spacial score (nSPS) is 16.9. The SMILES string of the molecule is COc1c(N2CCNCC2)c(F)cc2c(=O)c(C(=O)O)cn(Cc3ccc(-c4ccccc4)cc3)c12.COc1c(N2C[C@@H]3CCCN[C@@H]3C2)c(F)cc2c(=O)c(C(=O)O)cn(Cc3ccc(-c4ccccc4)cc3)c12.COc1c(N2C[C@@H]3CCCN[C@@H]3C2)c(F)cc2c(=O)c(C(=O)O)cn(Cc3ccc4ccccc4c3)c12.NC[C@@H]1CCN(c2cc3c(cc2F)c(=O)c(C(=O)O)cn3Cc2ccc(-c3ccccc3)cc2)C1. The standard InChI is InChI=1S/C31H30FN3O4.C29H28FN3O4.C28H26FN3O4.C28H26FN3O3/c1-39-30-27-23(14-25(32)28(30)35-16-22-8-5-13-33-26(22)18-35)29(36)24(31(37)38)17-34(27)15-19-9-11-21(12-10-19)20-6-3-2-4-7-20;1-37-28-25-21(12-23(30)26(28)33-14-20-7-4-10-31-24(20)16-33)27(34)22(29(35)36)15-32(25)13-17-8-9-18-5-2-3-6-19(18)11-17;1-36-27-24-21(15-23(29)25(27)31-13-11-30-12-14-31)26(33)22(28(34)35)17-32(24)16-18-7-9-20(10-8-18)19-5-3-2-4-6-19;29-24-12-22-25(13-26(24)31-11-10-19(14-30)16-31)32(17-23(27(22)33)28(34)35)15-18-6-8-21(9-7-18)20-4-2-1-3-5-20/h2-4,6-7,9-12,14,17,22,26,33H,5,8,13,15-16,18H2,1H3,(H,37,38);2-3,5-6,8-9,11-12,15,20,24,31H,4,7,10,13-14,16H2,1H3,(H,35,36);2-10,15,17,30H,11-14,16H2,1H3,(H,34,35);1-9,12-13,17,19H,10-11,14-16,30H2,(H,34,35)/t22-,26+;20-,24+;;19-/m00.0/s1. The van der Waals surface area contributed by atoms with E-state index in [0.29, 0.717) is 135 Å². The summed E-state index contributed by atoms with van der Waals surface area (Å²) in [5.74, 6) is -5.86. The summed E-state index contributed by atoms with van der Waals surface area (Å²) in [5.41, 5.74) is 14.4. The second kappa shape index (κ2) is 43.4. The van der Waals surface area contributed by atoms with E-state index < -0.39 is 85.6 Å². The second-order valence-electron chi connectivity index (χ2n) is 38.1. The number of methoxy groups -OCH3 is 3. The fourth-order valence-corrected chi connectivity index (χ4v) is 21.7. The predicted octanol–water partition coefficient (Wildman–Crippen LogP) is 17.3. The molecule has 147 heavy (non-hydrogen) atoms. The number of pyridine rings is 4. The summed E-state index contributed by atoms with van der Waals surface area (Å²) in [6.07, 6.45) is 10.6. The molecule has 0 saturated carbocycles. The Morgan fingerprint density at radius 3 is 1.08 bits per heavy atom. The molecule has 22 rings (SSSR count). The van der Waals surface area contributed by atoms with Crippen molar-refractivity contribution in [2.75, 3.05) is 126 Å². The molecule has 0 unspecified atom stereocenters. The number of aromatic nitrogens is 4. The number of hydrogen-bond donors (Lipinski definition) is 8. The number of hydrogen-bond acceptors (Lipinski definition) is 19. The maximum Gasteiger partial charge on any atom is 0.341 e. The average molecular weight is 1990 g/mol. The number of anilines is 4. The fourth-order valence-electron chi connectivity index (χ4n) is 21.7. The van der Waals surface area contributed by atoms with Gasteiger partial charge in [0.25, 0.3) is 0 Å². The number of halogens is 4. The largest absolute Gasteiger partial charge is 0.492 e. The third-order valence-corrected chi connectivity index (χ3v) is 29.0. The molecule has 0 radical (unpaired) electrons. The molecule has 6 aliphatic heterocycles. The monoisotopic (exact) mass is 1990 g/mol. The van der Waals surface area contributed by atoms with Crippen LogP contribution in [0.15, 0.2) is 281 Å². The highest BCUT2D eigenvalue weighted by atomic mass is 19.1. The zero-order valence-corrected chi connectivity index (χ0v) is 81.2. The molecule has 5 atom stereocenters. The number of carboxylic acid groups (broad SMARTS) is 4. The Hall–Kier alpha value is -16.2. The van der Waals surface area contributed by atoms with E-state index in [1.807, 2.05) is 226 Å². The lowest BCUT2D eigenvalue weighted by atomic mass is 9.94. The van der Waals surface area contributed by atoms with Crippen LogP contribution in [-0.4, -0.2) is 181 Å². The van der Waals surface area contributed by atoms with Gasteiger partial charge >= 0.3 is 23.9 Å². The second-order valence-corrected chi connectivity index (χ2v) is 38.1. The number of piperazine rings is 1. The number of nitrogens with zero attached hydrogens (tertiary/aromatic N) is 8. The van der Waals surface area contributed by atoms with Gasteiger partial charge in [-0.2, -0.15) is 0 Å². The minimum atomic E-state index is -1.36. The van der Waals surface area contributed by atoms with Crippen LogP contribution in [0.4, 0.5) is 40.3 Å². The first-order valence-electron chi connectivity index (χ1n) is 49.2. The van der Waals surface area contributed by atoms with Gasteiger partial charge in [0.1, 0.15) is 45.1 Å². The molecule has 27 nitrogen and oxygen atoms in total. The third-order valence-electron chi connectivity index (χ3n) is 29.0. The van der Waals surface area contributed by atoms with Crippen molar-refractivity contribution in [3.63, 3.8) is 0 Å². The van der Waals surface area contributed by atoms with E-state index in [1.165, 1.54) is 64.3 Å². The molecule has 752 valence electrons. The fraction of sp³-hybridized carbons (Fsp3) is 0.259. The maximum absolute atomic E-state index is 15.7. The highest BCUT2D eigenvalue weighted by Crippen LogP contribution is 2.46. The summed E-state index contributed by atoms with van der Waals surface area (Å²) < 4.78 is 86.0. The average Bonchev–Trinajstić information content (AvgIpc) is 1.42. The van der Waals surface area contributed by atoms with Crippen LogP contribution in [0.25, 0.3) is 87.8 Å². The molecule has 16 aromatic rings. The number of nitrogens with one attached hydrogen (secondary N) is 3. The van der Waals surface area contributed by atoms with Crippen LogP contribution in [0.5, 0.6) is 17.2 Å². The Labute approximate surface area is 842 Å². The topological polar surface area (TPSA) is 340 Å². The van der Waals surface area contributed by atoms with Crippen LogP contribution >= 0.6 is 0 Å². The van der Waals surface area contributed by atoms with Crippen LogP contribution < -0.4 is 77.2 Å². The molecule has 10 heterocycles. The van der Waals surface area contributed by atoms with Crippen molar-refractivity contribution in [3.05, 3.63) is 370 Å². The molecule has 12 aromatic carbocycles. The van der Waals surface area contributed by atoms with E-state index in [1.54, 1.807) is 24.3 Å². The molecular formula is C116H110F4N12O15. The summed E-state index contributed by atoms with van der Waals surface area (Å²) in [7, 11) is 4.37. The van der Waals surface area contributed by atoms with Crippen molar-refractivity contribution in [2.24, 2.45) is 23.5 Å². The minimum Gasteiger partial charge on any atom is -0.492 e. The molecule has 0 spiro atoms. The molecule has 6 fully saturated rings. The Morgan fingerprint density at radius 1 is 0.354 bits per heavy atom. The van der Waals surface area contributed by atoms with E-state index in [0.717, 1.165) is 118 Å². The van der Waals surface area contributed by atoms with E-state index in [2.05, 4.69) is 16.0 Å². The first kappa shape index (κ1) is 99.5. The van der Waals surface area contributed by atoms with Crippen molar-refractivity contribution >= 4 is 101 Å². The smallest absolute Gasteiger partial charge is 0.341 e. The first-order valence-corrected chi connectivity index (χ1v) is 49.2. The van der Waals surface area contributed by atoms with Gasteiger partial charge in [0, 0.05) is 134 Å². The van der Waals surface area contributed by atoms with E-state index >= 15 is 17.6 Å². The van der Waals surface area contributed by atoms with Gasteiger partial charge in [0.2, 0.25) is 21.7 Å². The predicted molar refractivity (Wildman–Crippen MR) is 564 cm³/mol. The lowest BCUT2D eigenvalue weighted by molar-refractivity contribution is 0.0684. The number of fused-ring (bicyclic) bond motifs is 7. The number of carbonyl (C=O) groups is 4. The zero-order chi connectivity index (χ0) is 103. The van der Waals surface area contributed by atoms with Crippen LogP contribution in [0.1, 0.15) is 95.8 Å². The molecule has 4 aromatic heterocycles. The van der Waals surface area contributed by atoms with E-state index in [-0.39, 0.29) is 81.8 Å². The number of carboxylic acids is 4. The quantitative estimate of drug-likeness (QED) is 0.0276. The number of rotatable bonds is 23. The Kier molecular flexibility index (Phi) is 29.4. The lowest BCUT2D eigenvalue weighted by Crippen LogP contribution is -2.44. The Balaban J connectivity index is 0.000000124. The number of piperidine rings is 2. The molecular weight excluding hydrogens is 1880 g/mol. The Morgan fingerprint density at radius 2 is 0.701 bits per heavy atom. The van der Waals surface area contributed by atoms with Crippen LogP contribution in [0.3, 0.4) is 0 Å². The van der Waals surface area contributed by atoms with Crippen molar-refractivity contribution in [3.8, 4) is 50.6 Å². The van der Waals surface area contributed by atoms with Crippen molar-refractivity contribution in [1.29, 1.82) is 0 Å². The van der Waals surface area contributed by atoms with Crippen molar-refractivity contribution in [2.45, 2.75) is 70.4 Å². The molecule has 6 aliphatic rings. The van der Waals surface area contributed by atoms with Crippen molar-refractivity contribution in [1.82, 2.24) is 34.2 Å². The Bertz CT molecular complexity index is 7960. The van der Waals surface area contributed by atoms with Gasteiger partial charge in [-0.3, -0.25) is 19.2 Å². The summed E-state index contributed by atoms with van der Waals surface area (Å²) in [6.45, 7) is 10.2. The van der Waals surface area contributed by atoms with Crippen LogP contribution in [-0.2, 0) is 26.2 Å². The summed E-state index contributed by atoms with van der Waals surface area (Å²) >= 11 is 0. The van der Waals surface area contributed by atoms with E-state index in [4.69, 9.17) is 19.9 Å². The highest BCUT2D eigenvalue weighted by molar-refractivity contribution is 6.01. The van der Waals surface area contributed by atoms with E-state index in [9.17, 15) is 58.8 Å². The van der Waals surface area contributed by atoms with Gasteiger partial charge in [-0.25, -0.2) is 36.7 Å².